The van der Waals surface area contributed by atoms with E-state index >= 15 is 0 Å². The Balaban J connectivity index is 0.00000338. The molecule has 1 aliphatic heterocycles. The van der Waals surface area contributed by atoms with Crippen LogP contribution in [0, 0.1) is 18.8 Å². The van der Waals surface area contributed by atoms with Crippen molar-refractivity contribution in [2.24, 2.45) is 16.8 Å². The van der Waals surface area contributed by atoms with Gasteiger partial charge in [0, 0.05) is 50.2 Å². The molecular weight excluding hydrogens is 457 g/mol. The van der Waals surface area contributed by atoms with Crippen LogP contribution in [0.15, 0.2) is 11.2 Å². The molecule has 2 unspecified atom stereocenters. The fourth-order valence-corrected chi connectivity index (χ4v) is 4.39. The summed E-state index contributed by atoms with van der Waals surface area (Å²) < 4.78 is 0. The van der Waals surface area contributed by atoms with Gasteiger partial charge in [-0.2, -0.15) is 0 Å². The quantitative estimate of drug-likeness (QED) is 0.252. The van der Waals surface area contributed by atoms with Gasteiger partial charge in [0.25, 0.3) is 0 Å². The van der Waals surface area contributed by atoms with Crippen molar-refractivity contribution in [1.82, 2.24) is 20.5 Å². The normalized spacial score (nSPS) is 21.3. The first kappa shape index (κ1) is 23.6. The number of nitrogens with one attached hydrogen (secondary N) is 2. The first-order valence-corrected chi connectivity index (χ1v) is 10.5. The summed E-state index contributed by atoms with van der Waals surface area (Å²) in [5, 5.41) is 7.95. The molecule has 0 bridgehead atoms. The van der Waals surface area contributed by atoms with E-state index in [-0.39, 0.29) is 24.0 Å². The van der Waals surface area contributed by atoms with Gasteiger partial charge in [0.05, 0.1) is 5.01 Å². The summed E-state index contributed by atoms with van der Waals surface area (Å²) in [7, 11) is 0. The van der Waals surface area contributed by atoms with Crippen molar-refractivity contribution in [3.05, 3.63) is 16.1 Å². The number of aryl methyl sites for hydroxylation is 1. The lowest BCUT2D eigenvalue weighted by Crippen LogP contribution is -2.40. The zero-order valence-electron chi connectivity index (χ0n) is 16.8. The lowest BCUT2D eigenvalue weighted by Gasteiger charge is -2.34. The van der Waals surface area contributed by atoms with Crippen LogP contribution in [-0.4, -0.2) is 55.1 Å². The molecule has 2 N–H and O–H groups in total. The summed E-state index contributed by atoms with van der Waals surface area (Å²) in [5.41, 5.74) is 0. The van der Waals surface area contributed by atoms with Crippen molar-refractivity contribution < 1.29 is 0 Å². The number of nitrogens with zero attached hydrogens (tertiary/aromatic N) is 3. The average Bonchev–Trinajstić information content (AvgIpc) is 2.96. The minimum atomic E-state index is 0. The van der Waals surface area contributed by atoms with E-state index < -0.39 is 0 Å². The molecule has 2 atom stereocenters. The highest BCUT2D eigenvalue weighted by molar-refractivity contribution is 14.0. The second-order valence-corrected chi connectivity index (χ2v) is 8.68. The maximum atomic E-state index is 4.72. The van der Waals surface area contributed by atoms with Crippen LogP contribution in [0.2, 0.25) is 0 Å². The Morgan fingerprint density at radius 3 is 2.65 bits per heavy atom. The Labute approximate surface area is 180 Å². The number of thiazole rings is 1. The number of likely N-dealkylation sites (tertiary alicyclic amines) is 1. The molecule has 1 aromatic rings. The Morgan fingerprint density at radius 2 is 2.04 bits per heavy atom. The minimum Gasteiger partial charge on any atom is -0.357 e. The molecule has 1 saturated heterocycles. The molecule has 0 saturated carbocycles. The van der Waals surface area contributed by atoms with Crippen LogP contribution in [0.4, 0.5) is 0 Å². The molecule has 0 aromatic carbocycles. The third kappa shape index (κ3) is 8.99. The summed E-state index contributed by atoms with van der Waals surface area (Å²) >= 11 is 1.77. The van der Waals surface area contributed by atoms with Crippen LogP contribution in [0.3, 0.4) is 0 Å². The third-order valence-electron chi connectivity index (χ3n) is 4.49. The van der Waals surface area contributed by atoms with E-state index in [4.69, 9.17) is 4.99 Å². The van der Waals surface area contributed by atoms with Crippen LogP contribution in [0.5, 0.6) is 0 Å². The summed E-state index contributed by atoms with van der Waals surface area (Å²) in [5.74, 6) is 2.60. The number of guanidine groups is 1. The summed E-state index contributed by atoms with van der Waals surface area (Å²) in [6, 6.07) is 0. The second kappa shape index (κ2) is 12.9. The lowest BCUT2D eigenvalue weighted by atomic mass is 9.92. The van der Waals surface area contributed by atoms with E-state index in [1.165, 1.54) is 29.4 Å². The Hall–Kier alpha value is -0.410. The van der Waals surface area contributed by atoms with Gasteiger partial charge < -0.3 is 15.5 Å². The number of aromatic nitrogens is 1. The van der Waals surface area contributed by atoms with Crippen molar-refractivity contribution in [2.75, 3.05) is 39.3 Å². The molecule has 7 heteroatoms. The molecule has 1 fully saturated rings. The predicted molar refractivity (Wildman–Crippen MR) is 124 cm³/mol. The molecule has 1 aliphatic rings. The first-order valence-electron chi connectivity index (χ1n) is 9.72. The summed E-state index contributed by atoms with van der Waals surface area (Å²) in [4.78, 5) is 13.0. The maximum Gasteiger partial charge on any atom is 0.191 e. The molecule has 1 aromatic heterocycles. The van der Waals surface area contributed by atoms with E-state index in [1.807, 2.05) is 6.20 Å². The molecule has 0 spiro atoms. The lowest BCUT2D eigenvalue weighted by molar-refractivity contribution is 0.140. The topological polar surface area (TPSA) is 52.6 Å². The number of rotatable bonds is 8. The number of halogens is 1. The number of hydrogen-bond acceptors (Lipinski definition) is 4. The van der Waals surface area contributed by atoms with Crippen LogP contribution >= 0.6 is 35.3 Å². The smallest absolute Gasteiger partial charge is 0.191 e. The fraction of sp³-hybridized carbons (Fsp3) is 0.789. The molecule has 2 rings (SSSR count). The van der Waals surface area contributed by atoms with E-state index in [1.54, 1.807) is 11.3 Å². The molecule has 2 heterocycles. The van der Waals surface area contributed by atoms with E-state index in [0.717, 1.165) is 56.8 Å². The highest BCUT2D eigenvalue weighted by Crippen LogP contribution is 2.20. The average molecular weight is 494 g/mol. The summed E-state index contributed by atoms with van der Waals surface area (Å²) in [6.45, 7) is 15.3. The third-order valence-corrected chi connectivity index (χ3v) is 5.46. The van der Waals surface area contributed by atoms with Gasteiger partial charge in [0.1, 0.15) is 0 Å². The van der Waals surface area contributed by atoms with E-state index in [2.05, 4.69) is 48.2 Å². The number of piperidine rings is 1. The zero-order chi connectivity index (χ0) is 18.1. The Kier molecular flexibility index (Phi) is 11.7. The Morgan fingerprint density at radius 1 is 1.31 bits per heavy atom. The molecule has 26 heavy (non-hydrogen) atoms. The number of aliphatic imine (C=N–C) groups is 1. The highest BCUT2D eigenvalue weighted by Gasteiger charge is 2.20. The zero-order valence-corrected chi connectivity index (χ0v) is 19.9. The second-order valence-electron chi connectivity index (χ2n) is 7.36. The van der Waals surface area contributed by atoms with Crippen LogP contribution in [-0.2, 0) is 6.42 Å². The van der Waals surface area contributed by atoms with Gasteiger partial charge in [0.15, 0.2) is 5.96 Å². The fourth-order valence-electron chi connectivity index (χ4n) is 3.61. The molecule has 150 valence electrons. The van der Waals surface area contributed by atoms with Crippen molar-refractivity contribution in [2.45, 2.75) is 47.0 Å². The van der Waals surface area contributed by atoms with Crippen LogP contribution in [0.25, 0.3) is 0 Å². The number of hydrogen-bond donors (Lipinski definition) is 2. The van der Waals surface area contributed by atoms with E-state index in [9.17, 15) is 0 Å². The minimum absolute atomic E-state index is 0. The van der Waals surface area contributed by atoms with E-state index in [0.29, 0.717) is 0 Å². The predicted octanol–water partition coefficient (Wildman–Crippen LogP) is 3.54. The maximum absolute atomic E-state index is 4.72. The summed E-state index contributed by atoms with van der Waals surface area (Å²) in [6.07, 6.45) is 5.40. The molecule has 5 nitrogen and oxygen atoms in total. The van der Waals surface area contributed by atoms with Crippen molar-refractivity contribution in [1.29, 1.82) is 0 Å². The van der Waals surface area contributed by atoms with Gasteiger partial charge >= 0.3 is 0 Å². The van der Waals surface area contributed by atoms with Crippen molar-refractivity contribution >= 4 is 41.3 Å². The van der Waals surface area contributed by atoms with Crippen molar-refractivity contribution in [3.8, 4) is 0 Å². The first-order chi connectivity index (χ1) is 12.1. The van der Waals surface area contributed by atoms with Gasteiger partial charge in [0.2, 0.25) is 0 Å². The molecule has 0 amide bonds. The molecular formula is C19H36IN5S. The van der Waals surface area contributed by atoms with Gasteiger partial charge in [-0.1, -0.05) is 13.8 Å². The van der Waals surface area contributed by atoms with Gasteiger partial charge in [-0.15, -0.1) is 35.3 Å². The van der Waals surface area contributed by atoms with Gasteiger partial charge in [-0.3, -0.25) is 4.99 Å². The van der Waals surface area contributed by atoms with Crippen LogP contribution < -0.4 is 10.6 Å². The molecule has 0 aliphatic carbocycles. The van der Waals surface area contributed by atoms with Gasteiger partial charge in [-0.25, -0.2) is 4.98 Å². The SMILES string of the molecule is CCNC(=NCCCN1CC(C)CC(C)C1)NCCc1ncc(C)s1.I. The molecule has 0 radical (unpaired) electrons. The monoisotopic (exact) mass is 493 g/mol. The largest absolute Gasteiger partial charge is 0.357 e. The highest BCUT2D eigenvalue weighted by atomic mass is 127. The van der Waals surface area contributed by atoms with Crippen molar-refractivity contribution in [3.63, 3.8) is 0 Å². The van der Waals surface area contributed by atoms with Gasteiger partial charge in [-0.05, 0) is 45.1 Å². The Bertz CT molecular complexity index is 524. The van der Waals surface area contributed by atoms with Crippen LogP contribution in [0.1, 0.15) is 43.5 Å². The standard InChI is InChI=1S/C19H35N5S.HI/c1-5-20-19(22-9-7-18-23-12-17(4)25-18)21-8-6-10-24-13-15(2)11-16(3)14-24;/h12,15-16H,5-11,13-14H2,1-4H3,(H2,20,21,22);1H.